The Balaban J connectivity index is 1.89. The van der Waals surface area contributed by atoms with Crippen LogP contribution in [0.3, 0.4) is 0 Å². The second-order valence-electron chi connectivity index (χ2n) is 6.53. The molecule has 1 aromatic carbocycles. The summed E-state index contributed by atoms with van der Waals surface area (Å²) in [5.41, 5.74) is -0.665. The van der Waals surface area contributed by atoms with E-state index in [1.54, 1.807) is 6.92 Å². The molecule has 1 heterocycles. The normalized spacial score (nSPS) is 26.4. The summed E-state index contributed by atoms with van der Waals surface area (Å²) in [6.07, 6.45) is 0.938. The number of carbonyl (C=O) groups is 4. The summed E-state index contributed by atoms with van der Waals surface area (Å²) in [5.74, 6) is -2.68. The highest BCUT2D eigenvalue weighted by Crippen LogP contribution is 2.47. The Bertz CT molecular complexity index is 714. The van der Waals surface area contributed by atoms with Crippen LogP contribution in [0, 0.1) is 11.3 Å². The van der Waals surface area contributed by atoms with Crippen molar-refractivity contribution in [3.8, 4) is 0 Å². The second kappa shape index (κ2) is 6.78. The average Bonchev–Trinajstić information content (AvgIpc) is 3.12. The minimum atomic E-state index is -1.49. The Morgan fingerprint density at radius 1 is 1.24 bits per heavy atom. The van der Waals surface area contributed by atoms with Crippen molar-refractivity contribution >= 4 is 23.6 Å². The van der Waals surface area contributed by atoms with Crippen LogP contribution < -0.4 is 0 Å². The van der Waals surface area contributed by atoms with Crippen LogP contribution in [0.2, 0.25) is 0 Å². The van der Waals surface area contributed by atoms with Crippen molar-refractivity contribution in [3.63, 3.8) is 0 Å². The standard InChI is InChI=1S/C19H21NO5/c1-2-25-18(24)19(10-6-9-15(19)21)14-11-16(22)20(17(14)23)12-13-7-4-3-5-8-13/h3-5,7-8,14H,2,6,9-12H2,1H3/t14-,19-/m1/s1. The summed E-state index contributed by atoms with van der Waals surface area (Å²) in [4.78, 5) is 51.6. The Hall–Kier alpha value is -2.50. The molecule has 1 saturated carbocycles. The molecule has 25 heavy (non-hydrogen) atoms. The van der Waals surface area contributed by atoms with Crippen LogP contribution in [0.25, 0.3) is 0 Å². The van der Waals surface area contributed by atoms with Gasteiger partial charge in [0.2, 0.25) is 11.8 Å². The Morgan fingerprint density at radius 3 is 2.56 bits per heavy atom. The maximum atomic E-state index is 12.9. The average molecular weight is 343 g/mol. The number of benzene rings is 1. The molecule has 2 amide bonds. The molecule has 1 aromatic rings. The van der Waals surface area contributed by atoms with E-state index in [1.165, 1.54) is 0 Å². The summed E-state index contributed by atoms with van der Waals surface area (Å²) in [5, 5.41) is 0. The zero-order valence-corrected chi connectivity index (χ0v) is 14.2. The third kappa shape index (κ3) is 2.86. The largest absolute Gasteiger partial charge is 0.465 e. The summed E-state index contributed by atoms with van der Waals surface area (Å²) in [7, 11) is 0. The number of rotatable bonds is 5. The van der Waals surface area contributed by atoms with Gasteiger partial charge in [0.05, 0.1) is 19.1 Å². The topological polar surface area (TPSA) is 80.8 Å². The van der Waals surface area contributed by atoms with Crippen molar-refractivity contribution in [2.75, 3.05) is 6.61 Å². The van der Waals surface area contributed by atoms with Crippen LogP contribution in [-0.2, 0) is 30.5 Å². The molecular formula is C19H21NO5. The van der Waals surface area contributed by atoms with Crippen LogP contribution >= 0.6 is 0 Å². The quantitative estimate of drug-likeness (QED) is 0.463. The molecular weight excluding hydrogens is 322 g/mol. The van der Waals surface area contributed by atoms with Crippen LogP contribution in [0.1, 0.15) is 38.2 Å². The predicted octanol–water partition coefficient (Wildman–Crippen LogP) is 1.86. The first-order valence-corrected chi connectivity index (χ1v) is 8.59. The molecule has 132 valence electrons. The smallest absolute Gasteiger partial charge is 0.320 e. The first kappa shape index (κ1) is 17.3. The number of nitrogens with zero attached hydrogens (tertiary/aromatic N) is 1. The van der Waals surface area contributed by atoms with Crippen LogP contribution in [0.4, 0.5) is 0 Å². The van der Waals surface area contributed by atoms with E-state index in [-0.39, 0.29) is 44.1 Å². The zero-order valence-electron chi connectivity index (χ0n) is 14.2. The van der Waals surface area contributed by atoms with Gasteiger partial charge in [0, 0.05) is 12.8 Å². The lowest BCUT2D eigenvalue weighted by molar-refractivity contribution is -0.165. The van der Waals surface area contributed by atoms with Crippen molar-refractivity contribution < 1.29 is 23.9 Å². The Kier molecular flexibility index (Phi) is 4.70. The van der Waals surface area contributed by atoms with E-state index in [2.05, 4.69) is 0 Å². The monoisotopic (exact) mass is 343 g/mol. The fraction of sp³-hybridized carbons (Fsp3) is 0.474. The van der Waals surface area contributed by atoms with Crippen molar-refractivity contribution in [3.05, 3.63) is 35.9 Å². The molecule has 2 fully saturated rings. The van der Waals surface area contributed by atoms with Crippen molar-refractivity contribution in [2.24, 2.45) is 11.3 Å². The molecule has 0 unspecified atom stereocenters. The number of ketones is 1. The third-order valence-electron chi connectivity index (χ3n) is 5.13. The van der Waals surface area contributed by atoms with Gasteiger partial charge in [0.15, 0.2) is 5.78 Å². The van der Waals surface area contributed by atoms with Gasteiger partial charge in [-0.25, -0.2) is 0 Å². The Morgan fingerprint density at radius 2 is 1.96 bits per heavy atom. The summed E-state index contributed by atoms with van der Waals surface area (Å²) in [6.45, 7) is 1.95. The molecule has 1 saturated heterocycles. The number of ether oxygens (including phenoxy) is 1. The lowest BCUT2D eigenvalue weighted by atomic mass is 9.72. The lowest BCUT2D eigenvalue weighted by Crippen LogP contribution is -2.47. The van der Waals surface area contributed by atoms with Crippen LogP contribution in [-0.4, -0.2) is 35.1 Å². The number of esters is 1. The maximum Gasteiger partial charge on any atom is 0.320 e. The number of hydrogen-bond acceptors (Lipinski definition) is 5. The summed E-state index contributed by atoms with van der Waals surface area (Å²) < 4.78 is 5.11. The molecule has 2 atom stereocenters. The van der Waals surface area contributed by atoms with Gasteiger partial charge in [-0.15, -0.1) is 0 Å². The van der Waals surface area contributed by atoms with E-state index in [4.69, 9.17) is 4.74 Å². The highest BCUT2D eigenvalue weighted by molar-refractivity contribution is 6.14. The molecule has 0 radical (unpaired) electrons. The number of Topliss-reactive ketones (excluding diaryl/α,β-unsaturated/α-hetero) is 1. The molecule has 0 bridgehead atoms. The molecule has 1 aliphatic carbocycles. The molecule has 2 aliphatic rings. The van der Waals surface area contributed by atoms with E-state index in [0.29, 0.717) is 6.42 Å². The van der Waals surface area contributed by atoms with E-state index >= 15 is 0 Å². The van der Waals surface area contributed by atoms with E-state index < -0.39 is 23.2 Å². The maximum absolute atomic E-state index is 12.9. The molecule has 6 nitrogen and oxygen atoms in total. The van der Waals surface area contributed by atoms with Gasteiger partial charge in [-0.2, -0.15) is 0 Å². The fourth-order valence-corrected chi connectivity index (χ4v) is 3.88. The van der Waals surface area contributed by atoms with E-state index in [1.807, 2.05) is 30.3 Å². The van der Waals surface area contributed by atoms with Gasteiger partial charge in [-0.05, 0) is 25.3 Å². The van der Waals surface area contributed by atoms with Crippen molar-refractivity contribution in [2.45, 2.75) is 39.2 Å². The van der Waals surface area contributed by atoms with Crippen LogP contribution in [0.5, 0.6) is 0 Å². The second-order valence-corrected chi connectivity index (χ2v) is 6.53. The SMILES string of the molecule is CCOC(=O)[C@@]1([C@@H]2CC(=O)N(Cc3ccccc3)C2=O)CCCC1=O. The highest BCUT2D eigenvalue weighted by Gasteiger charge is 2.61. The van der Waals surface area contributed by atoms with E-state index in [9.17, 15) is 19.2 Å². The molecule has 1 aliphatic heterocycles. The molecule has 0 aromatic heterocycles. The number of hydrogen-bond donors (Lipinski definition) is 0. The molecule has 0 N–H and O–H groups in total. The number of imide groups is 1. The highest BCUT2D eigenvalue weighted by atomic mass is 16.5. The van der Waals surface area contributed by atoms with Crippen molar-refractivity contribution in [1.82, 2.24) is 4.90 Å². The predicted molar refractivity (Wildman–Crippen MR) is 88.0 cm³/mol. The summed E-state index contributed by atoms with van der Waals surface area (Å²) >= 11 is 0. The molecule has 6 heteroatoms. The van der Waals surface area contributed by atoms with Gasteiger partial charge in [0.1, 0.15) is 5.41 Å². The van der Waals surface area contributed by atoms with Gasteiger partial charge < -0.3 is 4.74 Å². The number of likely N-dealkylation sites (tertiary alicyclic amines) is 1. The van der Waals surface area contributed by atoms with Gasteiger partial charge >= 0.3 is 5.97 Å². The van der Waals surface area contributed by atoms with Gasteiger partial charge in [-0.1, -0.05) is 30.3 Å². The van der Waals surface area contributed by atoms with Gasteiger partial charge in [0.25, 0.3) is 0 Å². The lowest BCUT2D eigenvalue weighted by Gasteiger charge is -2.29. The molecule has 0 spiro atoms. The first-order valence-electron chi connectivity index (χ1n) is 8.59. The third-order valence-corrected chi connectivity index (χ3v) is 5.13. The van der Waals surface area contributed by atoms with Gasteiger partial charge in [-0.3, -0.25) is 24.1 Å². The first-order chi connectivity index (χ1) is 12.0. The fourth-order valence-electron chi connectivity index (χ4n) is 3.88. The number of amides is 2. The van der Waals surface area contributed by atoms with Crippen LogP contribution in [0.15, 0.2) is 30.3 Å². The molecule has 3 rings (SSSR count). The Labute approximate surface area is 146 Å². The number of carbonyl (C=O) groups excluding carboxylic acids is 4. The van der Waals surface area contributed by atoms with E-state index in [0.717, 1.165) is 10.5 Å². The van der Waals surface area contributed by atoms with Crippen molar-refractivity contribution in [1.29, 1.82) is 0 Å². The minimum absolute atomic E-state index is 0.115. The minimum Gasteiger partial charge on any atom is -0.465 e. The summed E-state index contributed by atoms with van der Waals surface area (Å²) in [6, 6.07) is 9.18. The zero-order chi connectivity index (χ0) is 18.0.